The third-order valence-corrected chi connectivity index (χ3v) is 4.84. The minimum atomic E-state index is -4.61. The highest BCUT2D eigenvalue weighted by Crippen LogP contribution is 2.39. The number of carbonyl (C=O) groups is 2. The number of terminal acetylenes is 1. The lowest BCUT2D eigenvalue weighted by atomic mass is 9.95. The number of alkyl halides is 3. The second kappa shape index (κ2) is 7.03. The van der Waals surface area contributed by atoms with Gasteiger partial charge >= 0.3 is 18.1 Å². The van der Waals surface area contributed by atoms with Crippen molar-refractivity contribution in [2.45, 2.75) is 37.4 Å². The molecular weight excluding hydrogens is 375 g/mol. The molecule has 0 radical (unpaired) electrons. The van der Waals surface area contributed by atoms with Gasteiger partial charge in [-0.15, -0.1) is 11.5 Å². The number of benzene rings is 1. The van der Waals surface area contributed by atoms with Crippen molar-refractivity contribution in [3.8, 4) is 18.0 Å². The lowest BCUT2D eigenvalue weighted by molar-refractivity contribution is -0.144. The van der Waals surface area contributed by atoms with Gasteiger partial charge in [-0.3, -0.25) is 9.69 Å². The SMILES string of the molecule is C#CC(=O)N(c1ccn(-c2ccccc2C(F)(F)F)n1)C1(C(=O)O)CCCC1. The third-order valence-electron chi connectivity index (χ3n) is 4.84. The quantitative estimate of drug-likeness (QED) is 0.812. The molecule has 0 atom stereocenters. The van der Waals surface area contributed by atoms with Crippen LogP contribution in [-0.2, 0) is 15.8 Å². The molecule has 6 nitrogen and oxygen atoms in total. The molecule has 2 aromatic rings. The summed E-state index contributed by atoms with van der Waals surface area (Å²) in [5.74, 6) is -0.335. The Kier molecular flexibility index (Phi) is 4.89. The van der Waals surface area contributed by atoms with Crippen LogP contribution in [0.4, 0.5) is 19.0 Å². The Morgan fingerprint density at radius 1 is 1.21 bits per heavy atom. The van der Waals surface area contributed by atoms with Gasteiger partial charge in [0.2, 0.25) is 0 Å². The Balaban J connectivity index is 2.10. The molecule has 146 valence electrons. The van der Waals surface area contributed by atoms with Crippen molar-refractivity contribution in [3.63, 3.8) is 0 Å². The number of anilines is 1. The van der Waals surface area contributed by atoms with Crippen LogP contribution in [0.15, 0.2) is 36.5 Å². The van der Waals surface area contributed by atoms with E-state index in [1.807, 2.05) is 5.92 Å². The van der Waals surface area contributed by atoms with Crippen molar-refractivity contribution >= 4 is 17.7 Å². The van der Waals surface area contributed by atoms with Gasteiger partial charge in [0.1, 0.15) is 5.54 Å². The topological polar surface area (TPSA) is 75.4 Å². The fraction of sp³-hybridized carbons (Fsp3) is 0.316. The number of carboxylic acid groups (broad SMARTS) is 1. The number of para-hydroxylation sites is 1. The molecular formula is C19H16F3N3O3. The largest absolute Gasteiger partial charge is 0.479 e. The van der Waals surface area contributed by atoms with Crippen LogP contribution in [0.2, 0.25) is 0 Å². The molecule has 0 spiro atoms. The summed E-state index contributed by atoms with van der Waals surface area (Å²) in [6, 6.07) is 6.10. The number of halogens is 3. The summed E-state index contributed by atoms with van der Waals surface area (Å²) in [4.78, 5) is 25.3. The Labute approximate surface area is 158 Å². The van der Waals surface area contributed by atoms with Crippen LogP contribution in [0.5, 0.6) is 0 Å². The lowest BCUT2D eigenvalue weighted by Gasteiger charge is -2.34. The van der Waals surface area contributed by atoms with Crippen LogP contribution >= 0.6 is 0 Å². The monoisotopic (exact) mass is 391 g/mol. The summed E-state index contributed by atoms with van der Waals surface area (Å²) < 4.78 is 40.8. The van der Waals surface area contributed by atoms with E-state index in [-0.39, 0.29) is 24.3 Å². The number of carboxylic acids is 1. The molecule has 0 unspecified atom stereocenters. The smallest absolute Gasteiger partial charge is 0.418 e. The lowest BCUT2D eigenvalue weighted by Crippen LogP contribution is -2.56. The first kappa shape index (κ1) is 19.5. The zero-order valence-electron chi connectivity index (χ0n) is 14.6. The van der Waals surface area contributed by atoms with Crippen molar-refractivity contribution in [1.29, 1.82) is 0 Å². The molecule has 1 saturated carbocycles. The van der Waals surface area contributed by atoms with E-state index in [9.17, 15) is 27.9 Å². The fourth-order valence-corrected chi connectivity index (χ4v) is 3.56. The normalized spacial score (nSPS) is 15.8. The molecule has 0 bridgehead atoms. The highest BCUT2D eigenvalue weighted by molar-refractivity contribution is 6.09. The van der Waals surface area contributed by atoms with Gasteiger partial charge in [-0.2, -0.15) is 13.2 Å². The molecule has 1 aromatic carbocycles. The number of nitrogens with zero attached hydrogens (tertiary/aromatic N) is 3. The maximum Gasteiger partial charge on any atom is 0.418 e. The van der Waals surface area contributed by atoms with E-state index < -0.39 is 29.2 Å². The minimum absolute atomic E-state index is 0.107. The minimum Gasteiger partial charge on any atom is -0.479 e. The van der Waals surface area contributed by atoms with Crippen LogP contribution in [0, 0.1) is 12.3 Å². The number of aromatic nitrogens is 2. The predicted octanol–water partition coefficient (Wildman–Crippen LogP) is 3.25. The van der Waals surface area contributed by atoms with Crippen molar-refractivity contribution in [2.24, 2.45) is 0 Å². The number of hydrogen-bond donors (Lipinski definition) is 1. The summed E-state index contributed by atoms with van der Waals surface area (Å²) in [7, 11) is 0. The first-order valence-corrected chi connectivity index (χ1v) is 8.47. The Hall–Kier alpha value is -3.28. The molecule has 1 N–H and O–H groups in total. The van der Waals surface area contributed by atoms with Gasteiger partial charge in [0.05, 0.1) is 11.3 Å². The molecule has 9 heteroatoms. The number of aliphatic carboxylic acids is 1. The Morgan fingerprint density at radius 2 is 1.86 bits per heavy atom. The van der Waals surface area contributed by atoms with Gasteiger partial charge in [-0.05, 0) is 30.9 Å². The standard InChI is InChI=1S/C19H16F3N3O3/c1-2-16(26)25(18(17(27)28)10-5-6-11-18)15-9-12-24(23-15)14-8-4-3-7-13(14)19(20,21)22/h1,3-4,7-9,12H,5-6,10-11H2,(H,27,28). The van der Waals surface area contributed by atoms with Crippen LogP contribution in [0.1, 0.15) is 31.2 Å². The molecule has 1 aliphatic rings. The number of hydrogen-bond acceptors (Lipinski definition) is 3. The van der Waals surface area contributed by atoms with Crippen LogP contribution in [0.25, 0.3) is 5.69 Å². The molecule has 1 aliphatic carbocycles. The van der Waals surface area contributed by atoms with Gasteiger partial charge in [0, 0.05) is 12.3 Å². The molecule has 1 fully saturated rings. The third kappa shape index (κ3) is 3.22. The van der Waals surface area contributed by atoms with Crippen molar-refractivity contribution in [3.05, 3.63) is 42.1 Å². The van der Waals surface area contributed by atoms with E-state index >= 15 is 0 Å². The van der Waals surface area contributed by atoms with E-state index in [1.165, 1.54) is 30.5 Å². The Morgan fingerprint density at radius 3 is 2.43 bits per heavy atom. The summed E-state index contributed by atoms with van der Waals surface area (Å²) in [6.45, 7) is 0. The molecule has 0 aliphatic heterocycles. The van der Waals surface area contributed by atoms with Crippen LogP contribution in [-0.4, -0.2) is 32.3 Å². The van der Waals surface area contributed by atoms with Crippen molar-refractivity contribution in [1.82, 2.24) is 9.78 Å². The second-order valence-electron chi connectivity index (χ2n) is 6.46. The van der Waals surface area contributed by atoms with E-state index in [0.29, 0.717) is 12.8 Å². The summed E-state index contributed by atoms with van der Waals surface area (Å²) in [5, 5.41) is 13.8. The van der Waals surface area contributed by atoms with Crippen molar-refractivity contribution < 1.29 is 27.9 Å². The second-order valence-corrected chi connectivity index (χ2v) is 6.46. The number of amides is 1. The average Bonchev–Trinajstić information content (AvgIpc) is 3.32. The Bertz CT molecular complexity index is 953. The number of carbonyl (C=O) groups excluding carboxylic acids is 1. The first-order chi connectivity index (χ1) is 13.2. The van der Waals surface area contributed by atoms with Gasteiger partial charge in [0.15, 0.2) is 5.82 Å². The van der Waals surface area contributed by atoms with Gasteiger partial charge in [-0.1, -0.05) is 25.0 Å². The maximum absolute atomic E-state index is 13.3. The molecule has 1 aromatic heterocycles. The number of rotatable bonds is 4. The average molecular weight is 391 g/mol. The highest BCUT2D eigenvalue weighted by atomic mass is 19.4. The fourth-order valence-electron chi connectivity index (χ4n) is 3.56. The molecule has 3 rings (SSSR count). The molecule has 28 heavy (non-hydrogen) atoms. The first-order valence-electron chi connectivity index (χ1n) is 8.47. The van der Waals surface area contributed by atoms with Crippen molar-refractivity contribution in [2.75, 3.05) is 4.90 Å². The molecule has 1 heterocycles. The molecule has 0 saturated heterocycles. The summed E-state index contributed by atoms with van der Waals surface area (Å²) in [6.07, 6.45) is 3.38. The van der Waals surface area contributed by atoms with E-state index in [4.69, 9.17) is 6.42 Å². The van der Waals surface area contributed by atoms with E-state index in [1.54, 1.807) is 0 Å². The zero-order chi connectivity index (χ0) is 20.5. The maximum atomic E-state index is 13.3. The predicted molar refractivity (Wildman–Crippen MR) is 93.7 cm³/mol. The summed E-state index contributed by atoms with van der Waals surface area (Å²) in [5.41, 5.74) is -2.72. The van der Waals surface area contributed by atoms with Crippen LogP contribution in [0.3, 0.4) is 0 Å². The zero-order valence-corrected chi connectivity index (χ0v) is 14.6. The van der Waals surface area contributed by atoms with Gasteiger partial charge in [0.25, 0.3) is 0 Å². The molecule has 1 amide bonds. The summed E-state index contributed by atoms with van der Waals surface area (Å²) >= 11 is 0. The highest BCUT2D eigenvalue weighted by Gasteiger charge is 2.50. The van der Waals surface area contributed by atoms with Crippen LogP contribution < -0.4 is 4.90 Å². The van der Waals surface area contributed by atoms with E-state index in [0.717, 1.165) is 15.6 Å². The van der Waals surface area contributed by atoms with E-state index in [2.05, 4.69) is 5.10 Å². The van der Waals surface area contributed by atoms with Gasteiger partial charge in [-0.25, -0.2) is 9.48 Å². The van der Waals surface area contributed by atoms with Gasteiger partial charge < -0.3 is 5.11 Å².